The minimum Gasteiger partial charge on any atom is -0.458 e. The van der Waals surface area contributed by atoms with Gasteiger partial charge in [-0.15, -0.1) is 0 Å². The van der Waals surface area contributed by atoms with Gasteiger partial charge in [-0.25, -0.2) is 4.79 Å². The van der Waals surface area contributed by atoms with Crippen LogP contribution >= 0.6 is 11.6 Å². The monoisotopic (exact) mass is 281 g/mol. The maximum absolute atomic E-state index is 12.1. The number of nitrogen functional groups attached to an aromatic ring is 1. The fourth-order valence-corrected chi connectivity index (χ4v) is 2.84. The van der Waals surface area contributed by atoms with Crippen molar-refractivity contribution < 1.29 is 9.53 Å². The molecule has 1 aromatic carbocycles. The largest absolute Gasteiger partial charge is 0.458 e. The molecule has 2 N–H and O–H groups in total. The summed E-state index contributed by atoms with van der Waals surface area (Å²) in [7, 11) is 0. The summed E-state index contributed by atoms with van der Waals surface area (Å²) in [6.07, 6.45) is 5.59. The van der Waals surface area contributed by atoms with E-state index in [1.54, 1.807) is 18.2 Å². The Morgan fingerprint density at radius 2 is 2.16 bits per heavy atom. The van der Waals surface area contributed by atoms with Crippen LogP contribution in [0.4, 0.5) is 5.69 Å². The van der Waals surface area contributed by atoms with Crippen LogP contribution in [0.25, 0.3) is 0 Å². The second-order valence-electron chi connectivity index (χ2n) is 5.13. The van der Waals surface area contributed by atoms with Crippen LogP contribution in [0.3, 0.4) is 0 Å². The van der Waals surface area contributed by atoms with Gasteiger partial charge in [0.25, 0.3) is 0 Å². The van der Waals surface area contributed by atoms with Crippen LogP contribution in [0, 0.1) is 5.92 Å². The van der Waals surface area contributed by atoms with Crippen LogP contribution in [0.2, 0.25) is 5.02 Å². The van der Waals surface area contributed by atoms with Crippen molar-refractivity contribution in [3.63, 3.8) is 0 Å². The smallest absolute Gasteiger partial charge is 0.338 e. The Hall–Kier alpha value is -1.22. The molecular weight excluding hydrogens is 262 g/mol. The molecular formula is C15H20ClNO2. The van der Waals surface area contributed by atoms with E-state index in [1.807, 2.05) is 0 Å². The predicted molar refractivity (Wildman–Crippen MR) is 77.3 cm³/mol. The highest BCUT2D eigenvalue weighted by Gasteiger charge is 2.27. The molecule has 0 amide bonds. The first kappa shape index (κ1) is 14.2. The Balaban J connectivity index is 2.05. The highest BCUT2D eigenvalue weighted by atomic mass is 35.5. The minimum absolute atomic E-state index is 0.0441. The predicted octanol–water partition coefficient (Wildman–Crippen LogP) is 4.05. The maximum atomic E-state index is 12.1. The number of carbonyl (C=O) groups excluding carboxylic acids is 1. The first-order valence-corrected chi connectivity index (χ1v) is 7.25. The van der Waals surface area contributed by atoms with Gasteiger partial charge in [-0.3, -0.25) is 0 Å². The molecule has 1 aromatic rings. The molecule has 0 saturated heterocycles. The lowest BCUT2D eigenvalue weighted by atomic mass is 9.85. The highest BCUT2D eigenvalue weighted by molar-refractivity contribution is 6.33. The van der Waals surface area contributed by atoms with Crippen LogP contribution in [-0.2, 0) is 4.74 Å². The van der Waals surface area contributed by atoms with E-state index in [-0.39, 0.29) is 12.1 Å². The number of benzene rings is 1. The molecule has 1 aliphatic rings. The van der Waals surface area contributed by atoms with E-state index in [0.29, 0.717) is 22.2 Å². The molecule has 2 atom stereocenters. The summed E-state index contributed by atoms with van der Waals surface area (Å²) in [6, 6.07) is 4.87. The molecule has 19 heavy (non-hydrogen) atoms. The standard InChI is InChI=1S/C15H20ClNO2/c1-2-10-5-3-4-6-14(10)19-15(18)11-7-8-13(17)12(16)9-11/h7-10,14H,2-6,17H2,1H3. The van der Waals surface area contributed by atoms with Gasteiger partial charge >= 0.3 is 5.97 Å². The van der Waals surface area contributed by atoms with Gasteiger partial charge in [0.15, 0.2) is 0 Å². The third-order valence-electron chi connectivity index (χ3n) is 3.86. The first-order valence-electron chi connectivity index (χ1n) is 6.87. The Morgan fingerprint density at radius 1 is 1.42 bits per heavy atom. The van der Waals surface area contributed by atoms with Crippen LogP contribution in [0.5, 0.6) is 0 Å². The van der Waals surface area contributed by atoms with Gasteiger partial charge in [-0.05, 0) is 49.8 Å². The number of hydrogen-bond acceptors (Lipinski definition) is 3. The highest BCUT2D eigenvalue weighted by Crippen LogP contribution is 2.30. The molecule has 2 unspecified atom stereocenters. The topological polar surface area (TPSA) is 52.3 Å². The van der Waals surface area contributed by atoms with Crippen LogP contribution in [0.1, 0.15) is 49.4 Å². The van der Waals surface area contributed by atoms with Gasteiger partial charge in [0, 0.05) is 0 Å². The number of anilines is 1. The average molecular weight is 282 g/mol. The lowest BCUT2D eigenvalue weighted by Gasteiger charge is -2.30. The number of esters is 1. The van der Waals surface area contributed by atoms with Crippen molar-refractivity contribution in [2.75, 3.05) is 5.73 Å². The van der Waals surface area contributed by atoms with E-state index in [9.17, 15) is 4.79 Å². The second-order valence-corrected chi connectivity index (χ2v) is 5.54. The van der Waals surface area contributed by atoms with E-state index in [2.05, 4.69) is 6.92 Å². The molecule has 4 heteroatoms. The molecule has 2 rings (SSSR count). The number of rotatable bonds is 3. The van der Waals surface area contributed by atoms with Crippen molar-refractivity contribution in [1.29, 1.82) is 0 Å². The second kappa shape index (κ2) is 6.29. The fraction of sp³-hybridized carbons (Fsp3) is 0.533. The molecule has 0 aliphatic heterocycles. The molecule has 1 fully saturated rings. The normalized spacial score (nSPS) is 23.1. The molecule has 104 valence electrons. The van der Waals surface area contributed by atoms with E-state index in [0.717, 1.165) is 25.7 Å². The number of halogens is 1. The SMILES string of the molecule is CCC1CCCCC1OC(=O)c1ccc(N)c(Cl)c1. The summed E-state index contributed by atoms with van der Waals surface area (Å²) in [5, 5.41) is 0.394. The zero-order valence-electron chi connectivity index (χ0n) is 11.2. The summed E-state index contributed by atoms with van der Waals surface area (Å²) in [6.45, 7) is 2.15. The van der Waals surface area contributed by atoms with Crippen molar-refractivity contribution in [2.24, 2.45) is 5.92 Å². The first-order chi connectivity index (χ1) is 9.11. The van der Waals surface area contributed by atoms with Crippen LogP contribution < -0.4 is 5.73 Å². The minimum atomic E-state index is -0.299. The van der Waals surface area contributed by atoms with Gasteiger partial charge < -0.3 is 10.5 Å². The molecule has 0 bridgehead atoms. The van der Waals surface area contributed by atoms with Gasteiger partial charge in [-0.2, -0.15) is 0 Å². The van der Waals surface area contributed by atoms with E-state index in [4.69, 9.17) is 22.1 Å². The molecule has 0 heterocycles. The molecule has 1 aliphatic carbocycles. The van der Waals surface area contributed by atoms with Gasteiger partial charge in [-0.1, -0.05) is 24.9 Å². The molecule has 1 saturated carbocycles. The average Bonchev–Trinajstić information content (AvgIpc) is 2.42. The van der Waals surface area contributed by atoms with Crippen molar-refractivity contribution in [1.82, 2.24) is 0 Å². The summed E-state index contributed by atoms with van der Waals surface area (Å²) in [5.41, 5.74) is 6.58. The van der Waals surface area contributed by atoms with E-state index in [1.165, 1.54) is 6.42 Å². The molecule has 0 radical (unpaired) electrons. The summed E-state index contributed by atoms with van der Waals surface area (Å²) < 4.78 is 5.64. The van der Waals surface area contributed by atoms with Crippen LogP contribution in [0.15, 0.2) is 18.2 Å². The molecule has 0 spiro atoms. The summed E-state index contributed by atoms with van der Waals surface area (Å²) in [5.74, 6) is 0.189. The summed E-state index contributed by atoms with van der Waals surface area (Å²) >= 11 is 5.92. The lowest BCUT2D eigenvalue weighted by molar-refractivity contribution is 0.000714. The Bertz CT molecular complexity index is 461. The molecule has 0 aromatic heterocycles. The Labute approximate surface area is 119 Å². The van der Waals surface area contributed by atoms with E-state index >= 15 is 0 Å². The van der Waals surface area contributed by atoms with Gasteiger partial charge in [0.2, 0.25) is 0 Å². The Kier molecular flexibility index (Phi) is 4.70. The zero-order valence-corrected chi connectivity index (χ0v) is 12.0. The number of carbonyl (C=O) groups is 1. The summed E-state index contributed by atoms with van der Waals surface area (Å²) in [4.78, 5) is 12.1. The maximum Gasteiger partial charge on any atom is 0.338 e. The lowest BCUT2D eigenvalue weighted by Crippen LogP contribution is -2.29. The van der Waals surface area contributed by atoms with E-state index < -0.39 is 0 Å². The van der Waals surface area contributed by atoms with Gasteiger partial charge in [0.1, 0.15) is 6.10 Å². The number of ether oxygens (including phenoxy) is 1. The fourth-order valence-electron chi connectivity index (χ4n) is 2.66. The zero-order chi connectivity index (χ0) is 13.8. The number of nitrogens with two attached hydrogens (primary N) is 1. The third kappa shape index (κ3) is 3.41. The third-order valence-corrected chi connectivity index (χ3v) is 4.19. The van der Waals surface area contributed by atoms with Crippen molar-refractivity contribution in [2.45, 2.75) is 45.1 Å². The Morgan fingerprint density at radius 3 is 2.84 bits per heavy atom. The van der Waals surface area contributed by atoms with Crippen molar-refractivity contribution in [3.8, 4) is 0 Å². The van der Waals surface area contributed by atoms with Crippen molar-refractivity contribution >= 4 is 23.3 Å². The van der Waals surface area contributed by atoms with Gasteiger partial charge in [0.05, 0.1) is 16.3 Å². The van der Waals surface area contributed by atoms with Crippen molar-refractivity contribution in [3.05, 3.63) is 28.8 Å². The quantitative estimate of drug-likeness (QED) is 0.672. The molecule has 3 nitrogen and oxygen atoms in total. The van der Waals surface area contributed by atoms with Crippen LogP contribution in [-0.4, -0.2) is 12.1 Å². The number of hydrogen-bond donors (Lipinski definition) is 1.